The standard InChI is InChI=1S/C19H22N2O7S/c1-26-17-7-3-15(4-8-17)13-20(11-12-22)28-19(23)21(29(24)25)14-16-5-9-18(27-2)10-6-16/h3-10,12,29H,11,13-14H2,1-2H3. The molecule has 29 heavy (non-hydrogen) atoms. The lowest BCUT2D eigenvalue weighted by Gasteiger charge is -2.22. The summed E-state index contributed by atoms with van der Waals surface area (Å²) in [6.45, 7) is -0.330. The Kier molecular flexibility index (Phi) is 8.44. The van der Waals surface area contributed by atoms with Crippen molar-refractivity contribution in [1.29, 1.82) is 0 Å². The lowest BCUT2D eigenvalue weighted by molar-refractivity contribution is -0.132. The minimum Gasteiger partial charge on any atom is -0.497 e. The summed E-state index contributed by atoms with van der Waals surface area (Å²) < 4.78 is 33.8. The van der Waals surface area contributed by atoms with E-state index < -0.39 is 17.0 Å². The summed E-state index contributed by atoms with van der Waals surface area (Å²) in [7, 11) is -0.198. The van der Waals surface area contributed by atoms with Crippen molar-refractivity contribution in [2.24, 2.45) is 0 Å². The Bertz CT molecular complexity index is 874. The molecule has 0 aromatic heterocycles. The molecule has 1 amide bonds. The fraction of sp³-hybridized carbons (Fsp3) is 0.263. The van der Waals surface area contributed by atoms with E-state index in [0.29, 0.717) is 27.7 Å². The van der Waals surface area contributed by atoms with E-state index in [1.54, 1.807) is 48.5 Å². The quantitative estimate of drug-likeness (QED) is 0.351. The van der Waals surface area contributed by atoms with Crippen molar-refractivity contribution in [2.75, 3.05) is 20.8 Å². The van der Waals surface area contributed by atoms with Crippen LogP contribution < -0.4 is 9.47 Å². The van der Waals surface area contributed by atoms with Gasteiger partial charge in [0.25, 0.3) is 0 Å². The molecular weight excluding hydrogens is 400 g/mol. The fourth-order valence-electron chi connectivity index (χ4n) is 2.40. The zero-order valence-electron chi connectivity index (χ0n) is 16.0. The predicted octanol–water partition coefficient (Wildman–Crippen LogP) is 1.78. The van der Waals surface area contributed by atoms with Gasteiger partial charge >= 0.3 is 6.09 Å². The molecule has 156 valence electrons. The Hall–Kier alpha value is -3.11. The molecular formula is C19H22N2O7S. The number of aldehydes is 1. The molecule has 0 spiro atoms. The van der Waals surface area contributed by atoms with E-state index >= 15 is 0 Å². The first-order valence-corrected chi connectivity index (χ1v) is 9.68. The number of benzene rings is 2. The van der Waals surface area contributed by atoms with Crippen molar-refractivity contribution in [3.63, 3.8) is 0 Å². The Labute approximate surface area is 170 Å². The first-order valence-electron chi connectivity index (χ1n) is 8.55. The van der Waals surface area contributed by atoms with Gasteiger partial charge in [-0.25, -0.2) is 17.5 Å². The molecule has 0 atom stereocenters. The van der Waals surface area contributed by atoms with Crippen LogP contribution in [0, 0.1) is 0 Å². The van der Waals surface area contributed by atoms with Gasteiger partial charge in [-0.1, -0.05) is 24.3 Å². The maximum Gasteiger partial charge on any atom is 0.442 e. The number of hydrogen-bond acceptors (Lipinski definition) is 8. The van der Waals surface area contributed by atoms with Crippen LogP contribution in [0.25, 0.3) is 0 Å². The Balaban J connectivity index is 2.07. The number of carbonyl (C=O) groups excluding carboxylic acids is 2. The van der Waals surface area contributed by atoms with Gasteiger partial charge in [0.15, 0.2) is 0 Å². The Morgan fingerprint density at radius 1 is 0.897 bits per heavy atom. The van der Waals surface area contributed by atoms with Crippen molar-refractivity contribution in [3.8, 4) is 11.5 Å². The molecule has 2 aromatic rings. The number of carbonyl (C=O) groups is 2. The number of rotatable bonds is 10. The molecule has 0 radical (unpaired) electrons. The number of methoxy groups -OCH3 is 2. The highest BCUT2D eigenvalue weighted by atomic mass is 32.2. The Morgan fingerprint density at radius 3 is 1.79 bits per heavy atom. The van der Waals surface area contributed by atoms with Crippen LogP contribution in [0.5, 0.6) is 11.5 Å². The third-order valence-corrected chi connectivity index (χ3v) is 4.60. The molecule has 0 aliphatic rings. The van der Waals surface area contributed by atoms with E-state index in [1.807, 2.05) is 0 Å². The highest BCUT2D eigenvalue weighted by Crippen LogP contribution is 2.16. The number of nitrogens with zero attached hydrogens (tertiary/aromatic N) is 2. The van der Waals surface area contributed by atoms with Gasteiger partial charge in [-0.05, 0) is 35.4 Å². The van der Waals surface area contributed by atoms with E-state index in [9.17, 15) is 18.0 Å². The first-order chi connectivity index (χ1) is 14.0. The minimum absolute atomic E-state index is 0.0977. The molecule has 0 N–H and O–H groups in total. The molecule has 2 rings (SSSR count). The van der Waals surface area contributed by atoms with E-state index in [2.05, 4.69) is 0 Å². The van der Waals surface area contributed by atoms with Crippen molar-refractivity contribution < 1.29 is 32.3 Å². The van der Waals surface area contributed by atoms with Gasteiger partial charge in [-0.3, -0.25) is 0 Å². The molecule has 0 bridgehead atoms. The molecule has 0 saturated carbocycles. The summed E-state index contributed by atoms with van der Waals surface area (Å²) in [6, 6.07) is 13.5. The summed E-state index contributed by atoms with van der Waals surface area (Å²) in [4.78, 5) is 28.5. The van der Waals surface area contributed by atoms with Crippen LogP contribution in [0.2, 0.25) is 0 Å². The van der Waals surface area contributed by atoms with Crippen LogP contribution in [0.4, 0.5) is 4.79 Å². The van der Waals surface area contributed by atoms with Gasteiger partial charge < -0.3 is 19.1 Å². The van der Waals surface area contributed by atoms with Crippen LogP contribution in [-0.2, 0) is 33.6 Å². The first kappa shape index (κ1) is 22.2. The normalized spacial score (nSPS) is 10.6. The van der Waals surface area contributed by atoms with Crippen molar-refractivity contribution in [3.05, 3.63) is 59.7 Å². The lowest BCUT2D eigenvalue weighted by Crippen LogP contribution is -2.37. The summed E-state index contributed by atoms with van der Waals surface area (Å²) >= 11 is 0. The molecule has 0 aliphatic heterocycles. The van der Waals surface area contributed by atoms with Crippen LogP contribution in [0.3, 0.4) is 0 Å². The Morgan fingerprint density at radius 2 is 1.38 bits per heavy atom. The monoisotopic (exact) mass is 422 g/mol. The second-order valence-electron chi connectivity index (χ2n) is 5.84. The zero-order chi connectivity index (χ0) is 21.2. The van der Waals surface area contributed by atoms with E-state index in [-0.39, 0.29) is 19.6 Å². The van der Waals surface area contributed by atoms with Crippen LogP contribution >= 0.6 is 0 Å². The third kappa shape index (κ3) is 6.77. The number of hydroxylamine groups is 2. The van der Waals surface area contributed by atoms with Gasteiger partial charge in [0, 0.05) is 0 Å². The molecule has 0 fully saturated rings. The van der Waals surface area contributed by atoms with E-state index in [1.165, 1.54) is 14.2 Å². The zero-order valence-corrected chi connectivity index (χ0v) is 16.9. The van der Waals surface area contributed by atoms with Gasteiger partial charge in [0.05, 0.1) is 33.9 Å². The second-order valence-corrected chi connectivity index (χ2v) is 6.80. The summed E-state index contributed by atoms with van der Waals surface area (Å²) in [6.07, 6.45) is -0.547. The molecule has 0 aliphatic carbocycles. The number of amides is 1. The fourth-order valence-corrected chi connectivity index (χ4v) is 2.85. The van der Waals surface area contributed by atoms with Crippen molar-refractivity contribution >= 4 is 23.3 Å². The molecule has 9 nitrogen and oxygen atoms in total. The van der Waals surface area contributed by atoms with Gasteiger partial charge in [0.2, 0.25) is 10.9 Å². The maximum atomic E-state index is 12.4. The van der Waals surface area contributed by atoms with Gasteiger partial charge in [-0.2, -0.15) is 0 Å². The number of thiol groups is 1. The molecule has 10 heteroatoms. The van der Waals surface area contributed by atoms with Gasteiger partial charge in [-0.15, -0.1) is 5.06 Å². The van der Waals surface area contributed by atoms with Crippen LogP contribution in [-0.4, -0.2) is 50.9 Å². The smallest absolute Gasteiger partial charge is 0.442 e. The average molecular weight is 422 g/mol. The second kappa shape index (κ2) is 11.0. The molecule has 0 unspecified atom stereocenters. The van der Waals surface area contributed by atoms with Crippen molar-refractivity contribution in [2.45, 2.75) is 13.1 Å². The highest BCUT2D eigenvalue weighted by molar-refractivity contribution is 7.70. The number of hydrogen-bond donors (Lipinski definition) is 1. The summed E-state index contributed by atoms with van der Waals surface area (Å²) in [5.41, 5.74) is 1.31. The largest absolute Gasteiger partial charge is 0.497 e. The average Bonchev–Trinajstić information content (AvgIpc) is 2.72. The summed E-state index contributed by atoms with van der Waals surface area (Å²) in [5, 5.41) is 1.08. The topological polar surface area (TPSA) is 102 Å². The van der Waals surface area contributed by atoms with E-state index in [0.717, 1.165) is 10.6 Å². The highest BCUT2D eigenvalue weighted by Gasteiger charge is 2.22. The van der Waals surface area contributed by atoms with E-state index in [4.69, 9.17) is 14.3 Å². The molecule has 2 aromatic carbocycles. The number of ether oxygens (including phenoxy) is 2. The van der Waals surface area contributed by atoms with Crippen molar-refractivity contribution in [1.82, 2.24) is 9.37 Å². The maximum absolute atomic E-state index is 12.4. The van der Waals surface area contributed by atoms with Crippen LogP contribution in [0.1, 0.15) is 11.1 Å². The molecule has 0 saturated heterocycles. The summed E-state index contributed by atoms with van der Waals surface area (Å²) in [5.74, 6) is 1.26. The van der Waals surface area contributed by atoms with Gasteiger partial charge in [0.1, 0.15) is 17.8 Å². The van der Waals surface area contributed by atoms with Crippen LogP contribution in [0.15, 0.2) is 48.5 Å². The predicted molar refractivity (Wildman–Crippen MR) is 105 cm³/mol. The minimum atomic E-state index is -3.25. The SMILES string of the molecule is COc1ccc(CN(CC=O)OC(=O)N(Cc2ccc(OC)cc2)[SH](=O)=O)cc1. The molecule has 0 heterocycles. The third-order valence-electron chi connectivity index (χ3n) is 3.90. The lowest BCUT2D eigenvalue weighted by atomic mass is 10.2.